The van der Waals surface area contributed by atoms with Crippen LogP contribution in [0.4, 0.5) is 0 Å². The maximum Gasteiger partial charge on any atom is 0.234 e. The van der Waals surface area contributed by atoms with E-state index in [0.29, 0.717) is 18.0 Å². The molecule has 1 N–H and O–H groups in total. The Morgan fingerprint density at radius 1 is 1.56 bits per heavy atom. The quantitative estimate of drug-likeness (QED) is 0.657. The molecule has 1 rings (SSSR count). The van der Waals surface area contributed by atoms with Crippen LogP contribution in [-0.2, 0) is 11.2 Å². The summed E-state index contributed by atoms with van der Waals surface area (Å²) in [4.78, 5) is 11.3. The SMILES string of the molecule is C=CCNC(=O)C(Br)Cc1ccccc1Cl. The van der Waals surface area contributed by atoms with E-state index in [1.807, 2.05) is 24.3 Å². The van der Waals surface area contributed by atoms with E-state index >= 15 is 0 Å². The number of hydrogen-bond donors (Lipinski definition) is 1. The highest BCUT2D eigenvalue weighted by Crippen LogP contribution is 2.19. The number of amides is 1. The molecule has 1 aromatic carbocycles. The molecule has 1 amide bonds. The molecule has 0 radical (unpaired) electrons. The molecule has 0 heterocycles. The van der Waals surface area contributed by atoms with E-state index in [1.54, 1.807) is 6.08 Å². The van der Waals surface area contributed by atoms with Crippen molar-refractivity contribution in [2.75, 3.05) is 6.54 Å². The molecular formula is C12H13BrClNO. The smallest absolute Gasteiger partial charge is 0.234 e. The van der Waals surface area contributed by atoms with Gasteiger partial charge in [-0.3, -0.25) is 4.79 Å². The predicted molar refractivity (Wildman–Crippen MR) is 71.1 cm³/mol. The van der Waals surface area contributed by atoms with Crippen molar-refractivity contribution in [2.45, 2.75) is 11.2 Å². The van der Waals surface area contributed by atoms with E-state index in [1.165, 1.54) is 0 Å². The Labute approximate surface area is 109 Å². The Bertz CT molecular complexity index is 381. The van der Waals surface area contributed by atoms with Crippen LogP contribution in [0.5, 0.6) is 0 Å². The highest BCUT2D eigenvalue weighted by atomic mass is 79.9. The van der Waals surface area contributed by atoms with Crippen LogP contribution in [0, 0.1) is 0 Å². The molecule has 0 aliphatic heterocycles. The molecule has 0 fully saturated rings. The van der Waals surface area contributed by atoms with Gasteiger partial charge in [-0.05, 0) is 18.1 Å². The number of halogens is 2. The Balaban J connectivity index is 2.57. The largest absolute Gasteiger partial charge is 0.352 e. The Kier molecular flexibility index (Phi) is 5.56. The van der Waals surface area contributed by atoms with Crippen molar-refractivity contribution in [1.82, 2.24) is 5.32 Å². The molecule has 0 aliphatic rings. The fourth-order valence-corrected chi connectivity index (χ4v) is 1.96. The molecule has 1 atom stereocenters. The molecule has 0 bridgehead atoms. The van der Waals surface area contributed by atoms with Crippen molar-refractivity contribution < 1.29 is 4.79 Å². The summed E-state index contributed by atoms with van der Waals surface area (Å²) in [5.41, 5.74) is 0.958. The lowest BCUT2D eigenvalue weighted by Crippen LogP contribution is -2.32. The minimum absolute atomic E-state index is 0.0557. The number of carbonyl (C=O) groups is 1. The second-order valence-corrected chi connectivity index (χ2v) is 4.81. The highest BCUT2D eigenvalue weighted by molar-refractivity contribution is 9.10. The highest BCUT2D eigenvalue weighted by Gasteiger charge is 2.15. The van der Waals surface area contributed by atoms with Crippen LogP contribution in [0.1, 0.15) is 5.56 Å². The molecule has 1 unspecified atom stereocenters. The lowest BCUT2D eigenvalue weighted by molar-refractivity contribution is -0.120. The van der Waals surface area contributed by atoms with Crippen LogP contribution in [0.3, 0.4) is 0 Å². The average Bonchev–Trinajstić information content (AvgIpc) is 2.28. The van der Waals surface area contributed by atoms with Crippen molar-refractivity contribution >= 4 is 33.4 Å². The van der Waals surface area contributed by atoms with Gasteiger partial charge in [0, 0.05) is 11.6 Å². The Morgan fingerprint density at radius 2 is 2.25 bits per heavy atom. The summed E-state index contributed by atoms with van der Waals surface area (Å²) in [5, 5.41) is 3.41. The molecule has 2 nitrogen and oxygen atoms in total. The van der Waals surface area contributed by atoms with E-state index < -0.39 is 0 Å². The van der Waals surface area contributed by atoms with E-state index in [9.17, 15) is 4.79 Å². The predicted octanol–water partition coefficient (Wildman–Crippen LogP) is 2.95. The minimum atomic E-state index is -0.271. The van der Waals surface area contributed by atoms with E-state index in [2.05, 4.69) is 27.8 Å². The molecular weight excluding hydrogens is 289 g/mol. The normalized spacial score (nSPS) is 11.9. The standard InChI is InChI=1S/C12H13BrClNO/c1-2-7-15-12(16)10(13)8-9-5-3-4-6-11(9)14/h2-6,10H,1,7-8H2,(H,15,16). The van der Waals surface area contributed by atoms with Crippen LogP contribution < -0.4 is 5.32 Å². The summed E-state index contributed by atoms with van der Waals surface area (Å²) in [7, 11) is 0. The third-order valence-corrected chi connectivity index (χ3v) is 3.17. The summed E-state index contributed by atoms with van der Waals surface area (Å²) in [5.74, 6) is -0.0557. The fourth-order valence-electron chi connectivity index (χ4n) is 1.23. The zero-order valence-electron chi connectivity index (χ0n) is 8.75. The van der Waals surface area contributed by atoms with Crippen molar-refractivity contribution in [1.29, 1.82) is 0 Å². The maximum absolute atomic E-state index is 11.6. The minimum Gasteiger partial charge on any atom is -0.352 e. The topological polar surface area (TPSA) is 29.1 Å². The molecule has 4 heteroatoms. The van der Waals surface area contributed by atoms with E-state index in [4.69, 9.17) is 11.6 Å². The second-order valence-electron chi connectivity index (χ2n) is 3.30. The second kappa shape index (κ2) is 6.71. The zero-order valence-corrected chi connectivity index (χ0v) is 11.1. The fraction of sp³-hybridized carbons (Fsp3) is 0.250. The van der Waals surface area contributed by atoms with Gasteiger partial charge in [-0.1, -0.05) is 51.8 Å². The number of carbonyl (C=O) groups excluding carboxylic acids is 1. The average molecular weight is 303 g/mol. The maximum atomic E-state index is 11.6. The van der Waals surface area contributed by atoms with Gasteiger partial charge in [0.2, 0.25) is 5.91 Å². The first-order valence-corrected chi connectivity index (χ1v) is 6.20. The number of nitrogens with one attached hydrogen (secondary N) is 1. The lowest BCUT2D eigenvalue weighted by Gasteiger charge is -2.10. The molecule has 1 aromatic rings. The zero-order chi connectivity index (χ0) is 12.0. The number of rotatable bonds is 5. The van der Waals surface area contributed by atoms with Gasteiger partial charge in [-0.25, -0.2) is 0 Å². The first-order chi connectivity index (χ1) is 7.65. The summed E-state index contributed by atoms with van der Waals surface area (Å²) < 4.78 is 0. The molecule has 0 aromatic heterocycles. The molecule has 0 saturated heterocycles. The first kappa shape index (κ1) is 13.3. The molecule has 86 valence electrons. The van der Waals surface area contributed by atoms with Gasteiger partial charge in [0.25, 0.3) is 0 Å². The van der Waals surface area contributed by atoms with Gasteiger partial charge in [0.1, 0.15) is 0 Å². The van der Waals surface area contributed by atoms with E-state index in [-0.39, 0.29) is 10.7 Å². The van der Waals surface area contributed by atoms with Crippen molar-refractivity contribution in [3.63, 3.8) is 0 Å². The number of alkyl halides is 1. The van der Waals surface area contributed by atoms with Gasteiger partial charge in [-0.15, -0.1) is 6.58 Å². The molecule has 16 heavy (non-hydrogen) atoms. The Hall–Kier alpha value is -0.800. The van der Waals surface area contributed by atoms with Gasteiger partial charge in [-0.2, -0.15) is 0 Å². The number of hydrogen-bond acceptors (Lipinski definition) is 1. The third-order valence-electron chi connectivity index (χ3n) is 2.06. The van der Waals surface area contributed by atoms with Gasteiger partial charge in [0.05, 0.1) is 4.83 Å². The van der Waals surface area contributed by atoms with E-state index in [0.717, 1.165) is 5.56 Å². The van der Waals surface area contributed by atoms with Crippen LogP contribution in [0.25, 0.3) is 0 Å². The van der Waals surface area contributed by atoms with Gasteiger partial charge >= 0.3 is 0 Å². The van der Waals surface area contributed by atoms with Gasteiger partial charge < -0.3 is 5.32 Å². The molecule has 0 aliphatic carbocycles. The summed E-state index contributed by atoms with van der Waals surface area (Å²) in [6.45, 7) is 4.01. The summed E-state index contributed by atoms with van der Waals surface area (Å²) in [6, 6.07) is 7.51. The van der Waals surface area contributed by atoms with Crippen LogP contribution in [0.15, 0.2) is 36.9 Å². The van der Waals surface area contributed by atoms with Crippen LogP contribution in [-0.4, -0.2) is 17.3 Å². The van der Waals surface area contributed by atoms with Crippen molar-refractivity contribution in [3.8, 4) is 0 Å². The summed E-state index contributed by atoms with van der Waals surface area (Å²) in [6.07, 6.45) is 2.22. The van der Waals surface area contributed by atoms with Gasteiger partial charge in [0.15, 0.2) is 0 Å². The van der Waals surface area contributed by atoms with Crippen molar-refractivity contribution in [2.24, 2.45) is 0 Å². The van der Waals surface area contributed by atoms with Crippen LogP contribution in [0.2, 0.25) is 5.02 Å². The molecule has 0 spiro atoms. The van der Waals surface area contributed by atoms with Crippen LogP contribution >= 0.6 is 27.5 Å². The Morgan fingerprint density at radius 3 is 2.88 bits per heavy atom. The molecule has 0 saturated carbocycles. The first-order valence-electron chi connectivity index (χ1n) is 4.91. The third kappa shape index (κ3) is 3.99. The number of benzene rings is 1. The summed E-state index contributed by atoms with van der Waals surface area (Å²) >= 11 is 9.35. The lowest BCUT2D eigenvalue weighted by atomic mass is 10.1. The monoisotopic (exact) mass is 301 g/mol. The van der Waals surface area contributed by atoms with Crippen molar-refractivity contribution in [3.05, 3.63) is 47.5 Å².